The Morgan fingerprint density at radius 3 is 2.78 bits per heavy atom. The molecule has 0 saturated carbocycles. The van der Waals surface area contributed by atoms with Gasteiger partial charge in [0.1, 0.15) is 0 Å². The average molecular weight is 308 g/mol. The molecular weight excluding hydrogens is 296 g/mol. The number of pyridine rings is 1. The fourth-order valence-corrected chi connectivity index (χ4v) is 2.13. The van der Waals surface area contributed by atoms with Crippen LogP contribution in [0.3, 0.4) is 0 Å². The number of nitro benzene ring substituents is 1. The maximum Gasteiger partial charge on any atom is 0.271 e. The predicted molar refractivity (Wildman–Crippen MR) is 88.9 cm³/mol. The van der Waals surface area contributed by atoms with Crippen molar-refractivity contribution in [3.05, 3.63) is 80.6 Å². The first-order valence-corrected chi connectivity index (χ1v) is 6.79. The second-order valence-electron chi connectivity index (χ2n) is 4.82. The second-order valence-corrected chi connectivity index (χ2v) is 4.82. The molecule has 0 saturated heterocycles. The molecule has 0 spiro atoms. The molecule has 0 aliphatic carbocycles. The van der Waals surface area contributed by atoms with Gasteiger partial charge in [-0.25, -0.2) is 0 Å². The number of nitrogens with one attached hydrogen (secondary N) is 2. The number of fused-ring (bicyclic) bond motifs is 1. The zero-order chi connectivity index (χ0) is 16.2. The number of para-hydroxylation sites is 1. The van der Waals surface area contributed by atoms with Crippen molar-refractivity contribution in [3.8, 4) is 0 Å². The highest BCUT2D eigenvalue weighted by Crippen LogP contribution is 2.16. The number of hydrogen-bond donors (Lipinski definition) is 2. The van der Waals surface area contributed by atoms with Crippen molar-refractivity contribution >= 4 is 28.5 Å². The minimum Gasteiger partial charge on any atom is -0.321 e. The van der Waals surface area contributed by atoms with Crippen LogP contribution in [-0.4, -0.2) is 16.1 Å². The van der Waals surface area contributed by atoms with Crippen LogP contribution in [-0.2, 0) is 0 Å². The van der Waals surface area contributed by atoms with E-state index >= 15 is 0 Å². The number of nitro groups is 1. The van der Waals surface area contributed by atoms with Gasteiger partial charge in [0.05, 0.1) is 22.4 Å². The average Bonchev–Trinajstić information content (AvgIpc) is 2.55. The van der Waals surface area contributed by atoms with Gasteiger partial charge in [-0.15, -0.1) is 0 Å². The first kappa shape index (κ1) is 14.5. The van der Waals surface area contributed by atoms with Crippen LogP contribution in [0.5, 0.6) is 0 Å². The third-order valence-corrected chi connectivity index (χ3v) is 3.24. The molecule has 3 rings (SSSR count). The number of H-pyrrole nitrogens is 1. The number of non-ortho nitro benzene ring substituents is 1. The van der Waals surface area contributed by atoms with Gasteiger partial charge in [0.25, 0.3) is 11.2 Å². The molecule has 7 nitrogen and oxygen atoms in total. The number of rotatable bonds is 4. The summed E-state index contributed by atoms with van der Waals surface area (Å²) in [7, 11) is 0. The quantitative estimate of drug-likeness (QED) is 0.439. The largest absolute Gasteiger partial charge is 0.321 e. The summed E-state index contributed by atoms with van der Waals surface area (Å²) in [5.41, 5.74) is 3.99. The van der Waals surface area contributed by atoms with Crippen LogP contribution in [0.1, 0.15) is 5.56 Å². The lowest BCUT2D eigenvalue weighted by Gasteiger charge is -2.01. The predicted octanol–water partition coefficient (Wildman–Crippen LogP) is 2.88. The van der Waals surface area contributed by atoms with Gasteiger partial charge < -0.3 is 4.98 Å². The van der Waals surface area contributed by atoms with Crippen LogP contribution in [0.25, 0.3) is 10.9 Å². The lowest BCUT2D eigenvalue weighted by molar-refractivity contribution is -0.384. The van der Waals surface area contributed by atoms with E-state index in [1.165, 1.54) is 18.3 Å². The summed E-state index contributed by atoms with van der Waals surface area (Å²) in [6, 6.07) is 15.1. The van der Waals surface area contributed by atoms with Crippen molar-refractivity contribution in [2.45, 2.75) is 0 Å². The molecule has 23 heavy (non-hydrogen) atoms. The molecular formula is C16H12N4O3. The van der Waals surface area contributed by atoms with Gasteiger partial charge in [-0.1, -0.05) is 24.3 Å². The van der Waals surface area contributed by atoms with Gasteiger partial charge >= 0.3 is 0 Å². The number of anilines is 1. The Balaban J connectivity index is 1.83. The molecule has 0 aliphatic heterocycles. The summed E-state index contributed by atoms with van der Waals surface area (Å²) in [4.78, 5) is 25.0. The van der Waals surface area contributed by atoms with Crippen molar-refractivity contribution in [3.63, 3.8) is 0 Å². The third kappa shape index (κ3) is 3.24. The molecule has 0 aliphatic rings. The molecule has 2 N–H and O–H groups in total. The molecule has 0 radical (unpaired) electrons. The Labute approximate surface area is 130 Å². The second kappa shape index (κ2) is 6.10. The van der Waals surface area contributed by atoms with Gasteiger partial charge in [0, 0.05) is 17.6 Å². The minimum atomic E-state index is -0.483. The monoisotopic (exact) mass is 308 g/mol. The van der Waals surface area contributed by atoms with Gasteiger partial charge in [-0.05, 0) is 23.6 Å². The number of benzene rings is 2. The summed E-state index contributed by atoms with van der Waals surface area (Å²) in [5, 5.41) is 15.6. The molecule has 1 aromatic heterocycles. The highest BCUT2D eigenvalue weighted by molar-refractivity contribution is 5.87. The van der Waals surface area contributed by atoms with Crippen LogP contribution in [0.4, 0.5) is 11.4 Å². The highest BCUT2D eigenvalue weighted by atomic mass is 16.6. The lowest BCUT2D eigenvalue weighted by atomic mass is 10.2. The molecule has 0 unspecified atom stereocenters. The van der Waals surface area contributed by atoms with E-state index in [9.17, 15) is 14.9 Å². The number of aromatic amines is 1. The molecule has 2 aromatic carbocycles. The molecule has 0 atom stereocenters. The van der Waals surface area contributed by atoms with E-state index in [1.807, 2.05) is 24.3 Å². The van der Waals surface area contributed by atoms with Crippen LogP contribution >= 0.6 is 0 Å². The summed E-state index contributed by atoms with van der Waals surface area (Å²) < 4.78 is 0. The van der Waals surface area contributed by atoms with E-state index < -0.39 is 4.92 Å². The zero-order valence-electron chi connectivity index (χ0n) is 11.9. The SMILES string of the molecule is O=c1[nH]c2ccccc2cc1/C=N/Nc1cccc([N+](=O)[O-])c1. The smallest absolute Gasteiger partial charge is 0.271 e. The fraction of sp³-hybridized carbons (Fsp3) is 0. The number of hydrogen-bond acceptors (Lipinski definition) is 5. The Morgan fingerprint density at radius 2 is 1.96 bits per heavy atom. The van der Waals surface area contributed by atoms with E-state index in [0.29, 0.717) is 11.3 Å². The van der Waals surface area contributed by atoms with Crippen molar-refractivity contribution in [1.82, 2.24) is 4.98 Å². The first-order chi connectivity index (χ1) is 11.1. The Kier molecular flexibility index (Phi) is 3.84. The first-order valence-electron chi connectivity index (χ1n) is 6.79. The molecule has 0 fully saturated rings. The van der Waals surface area contributed by atoms with Crippen molar-refractivity contribution in [2.75, 3.05) is 5.43 Å². The maximum absolute atomic E-state index is 12.0. The van der Waals surface area contributed by atoms with E-state index in [-0.39, 0.29) is 11.2 Å². The third-order valence-electron chi connectivity index (χ3n) is 3.24. The van der Waals surface area contributed by atoms with Crippen LogP contribution in [0.15, 0.2) is 64.5 Å². The summed E-state index contributed by atoms with van der Waals surface area (Å²) >= 11 is 0. The number of hydrazone groups is 1. The topological polar surface area (TPSA) is 100 Å². The normalized spacial score (nSPS) is 11.0. The Hall–Kier alpha value is -3.48. The Bertz CT molecular complexity index is 963. The van der Waals surface area contributed by atoms with Gasteiger partial charge in [-0.3, -0.25) is 20.3 Å². The molecule has 114 valence electrons. The maximum atomic E-state index is 12.0. The standard InChI is InChI=1S/C16H12N4O3/c21-16-12(8-11-4-1-2-7-15(11)18-16)10-17-19-13-5-3-6-14(9-13)20(22)23/h1-10,19H,(H,18,21)/b17-10+. The fourth-order valence-electron chi connectivity index (χ4n) is 2.13. The van der Waals surface area contributed by atoms with Gasteiger partial charge in [0.15, 0.2) is 0 Å². The summed E-state index contributed by atoms with van der Waals surface area (Å²) in [6.45, 7) is 0. The molecule has 0 amide bonds. The molecule has 3 aromatic rings. The van der Waals surface area contributed by atoms with Crippen molar-refractivity contribution in [2.24, 2.45) is 5.10 Å². The van der Waals surface area contributed by atoms with Gasteiger partial charge in [-0.2, -0.15) is 5.10 Å². The van der Waals surface area contributed by atoms with Crippen LogP contribution in [0, 0.1) is 10.1 Å². The minimum absolute atomic E-state index is 0.0336. The van der Waals surface area contributed by atoms with Crippen molar-refractivity contribution in [1.29, 1.82) is 0 Å². The molecule has 7 heteroatoms. The van der Waals surface area contributed by atoms with Crippen LogP contribution in [0.2, 0.25) is 0 Å². The summed E-state index contributed by atoms with van der Waals surface area (Å²) in [5.74, 6) is 0. The van der Waals surface area contributed by atoms with E-state index in [0.717, 1.165) is 10.9 Å². The number of aromatic nitrogens is 1. The number of nitrogens with zero attached hydrogens (tertiary/aromatic N) is 2. The van der Waals surface area contributed by atoms with E-state index in [1.54, 1.807) is 18.2 Å². The Morgan fingerprint density at radius 1 is 1.13 bits per heavy atom. The van der Waals surface area contributed by atoms with E-state index in [2.05, 4.69) is 15.5 Å². The zero-order valence-corrected chi connectivity index (χ0v) is 11.9. The highest BCUT2D eigenvalue weighted by Gasteiger charge is 2.04. The van der Waals surface area contributed by atoms with E-state index in [4.69, 9.17) is 0 Å². The van der Waals surface area contributed by atoms with Crippen molar-refractivity contribution < 1.29 is 4.92 Å². The van der Waals surface area contributed by atoms with Crippen LogP contribution < -0.4 is 11.0 Å². The van der Waals surface area contributed by atoms with Gasteiger partial charge in [0.2, 0.25) is 0 Å². The summed E-state index contributed by atoms with van der Waals surface area (Å²) in [6.07, 6.45) is 1.38. The molecule has 0 bridgehead atoms. The molecule has 1 heterocycles. The lowest BCUT2D eigenvalue weighted by Crippen LogP contribution is -2.12.